The molecule has 9 heteroatoms. The summed E-state index contributed by atoms with van der Waals surface area (Å²) >= 11 is 5.77. The molecule has 1 amide bonds. The van der Waals surface area contributed by atoms with Crippen LogP contribution in [0.1, 0.15) is 5.69 Å². The molecule has 3 rings (SSSR count). The summed E-state index contributed by atoms with van der Waals surface area (Å²) in [6, 6.07) is 4.32. The van der Waals surface area contributed by atoms with Crippen molar-refractivity contribution in [3.8, 4) is 5.69 Å². The topological polar surface area (TPSA) is 86.3 Å². The predicted molar refractivity (Wildman–Crippen MR) is 80.5 cm³/mol. The molecule has 0 radical (unpaired) electrons. The number of carbonyl (C=O) groups is 1. The van der Waals surface area contributed by atoms with E-state index in [0.29, 0.717) is 31.9 Å². The molecule has 0 bridgehead atoms. The minimum Gasteiger partial charge on any atom is -0.367 e. The van der Waals surface area contributed by atoms with Gasteiger partial charge in [-0.15, -0.1) is 5.10 Å². The fraction of sp³-hybridized carbons (Fsp3) is 0.357. The zero-order valence-electron chi connectivity index (χ0n) is 12.2. The van der Waals surface area contributed by atoms with Crippen LogP contribution in [0.5, 0.6) is 0 Å². The molecule has 0 unspecified atom stereocenters. The Hall–Kier alpha value is -2.03. The van der Waals surface area contributed by atoms with E-state index >= 15 is 0 Å². The van der Waals surface area contributed by atoms with Gasteiger partial charge in [-0.1, -0.05) is 16.8 Å². The molecule has 122 valence electrons. The van der Waals surface area contributed by atoms with E-state index in [-0.39, 0.29) is 5.02 Å². The number of aromatic nitrogens is 3. The number of hydrogen-bond acceptors (Lipinski definition) is 5. The molecule has 1 fully saturated rings. The molecule has 2 N–H and O–H groups in total. The van der Waals surface area contributed by atoms with Crippen molar-refractivity contribution in [1.29, 1.82) is 0 Å². The van der Waals surface area contributed by atoms with Crippen molar-refractivity contribution in [2.24, 2.45) is 5.73 Å². The van der Waals surface area contributed by atoms with E-state index in [1.54, 1.807) is 12.3 Å². The third kappa shape index (κ3) is 3.66. The number of amides is 1. The normalized spacial score (nSPS) is 19.0. The summed E-state index contributed by atoms with van der Waals surface area (Å²) in [6.07, 6.45) is 1.13. The van der Waals surface area contributed by atoms with Gasteiger partial charge in [-0.25, -0.2) is 9.07 Å². The zero-order valence-corrected chi connectivity index (χ0v) is 12.9. The maximum atomic E-state index is 13.2. The standard InChI is InChI=1S/C14H15ClFN5O2/c15-11-5-10(1-2-12(11)16)21-7-9(18-19-21)6-20-3-4-23-13(8-20)14(17)22/h1-2,5,7,13H,3-4,6,8H2,(H2,17,22)/t13-/m0/s1. The minimum absolute atomic E-state index is 0.0250. The van der Waals surface area contributed by atoms with Gasteiger partial charge in [-0.2, -0.15) is 0 Å². The molecule has 1 aliphatic heterocycles. The van der Waals surface area contributed by atoms with E-state index in [1.165, 1.54) is 16.8 Å². The Kier molecular flexibility index (Phi) is 4.56. The molecule has 0 saturated carbocycles. The van der Waals surface area contributed by atoms with Gasteiger partial charge in [0.05, 0.1) is 29.2 Å². The first kappa shape index (κ1) is 15.9. The highest BCUT2D eigenvalue weighted by Gasteiger charge is 2.25. The van der Waals surface area contributed by atoms with Gasteiger partial charge < -0.3 is 10.5 Å². The highest BCUT2D eigenvalue weighted by atomic mass is 35.5. The lowest BCUT2D eigenvalue weighted by atomic mass is 10.2. The van der Waals surface area contributed by atoms with Crippen LogP contribution in [0.25, 0.3) is 5.69 Å². The average molecular weight is 340 g/mol. The van der Waals surface area contributed by atoms with Gasteiger partial charge in [0, 0.05) is 19.6 Å². The number of rotatable bonds is 4. The number of halogens is 2. The third-order valence-corrected chi connectivity index (χ3v) is 3.85. The number of morpholine rings is 1. The fourth-order valence-electron chi connectivity index (χ4n) is 2.37. The summed E-state index contributed by atoms with van der Waals surface area (Å²) in [7, 11) is 0. The largest absolute Gasteiger partial charge is 0.367 e. The Morgan fingerprint density at radius 3 is 3.09 bits per heavy atom. The Morgan fingerprint density at radius 2 is 2.35 bits per heavy atom. The fourth-order valence-corrected chi connectivity index (χ4v) is 2.55. The lowest BCUT2D eigenvalue weighted by Gasteiger charge is -2.30. The molecule has 1 saturated heterocycles. The number of nitrogens with two attached hydrogens (primary N) is 1. The van der Waals surface area contributed by atoms with Crippen LogP contribution in [-0.2, 0) is 16.1 Å². The van der Waals surface area contributed by atoms with Crippen molar-refractivity contribution in [2.75, 3.05) is 19.7 Å². The van der Waals surface area contributed by atoms with E-state index in [4.69, 9.17) is 22.1 Å². The molecule has 1 aromatic heterocycles. The molecule has 0 spiro atoms. The molecule has 2 heterocycles. The van der Waals surface area contributed by atoms with Gasteiger partial charge in [0.2, 0.25) is 5.91 Å². The minimum atomic E-state index is -0.602. The summed E-state index contributed by atoms with van der Waals surface area (Å²) in [5, 5.41) is 8.12. The van der Waals surface area contributed by atoms with Gasteiger partial charge in [-0.3, -0.25) is 9.69 Å². The Bertz CT molecular complexity index is 723. The Balaban J connectivity index is 1.69. The highest BCUT2D eigenvalue weighted by Crippen LogP contribution is 2.18. The van der Waals surface area contributed by atoms with Crippen LogP contribution >= 0.6 is 11.6 Å². The van der Waals surface area contributed by atoms with E-state index in [1.807, 2.05) is 4.90 Å². The molecular formula is C14H15ClFN5O2. The number of hydrogen-bond donors (Lipinski definition) is 1. The van der Waals surface area contributed by atoms with Crippen molar-refractivity contribution in [3.05, 3.63) is 40.9 Å². The smallest absolute Gasteiger partial charge is 0.247 e. The summed E-state index contributed by atoms with van der Waals surface area (Å²) < 4.78 is 20.0. The first-order valence-corrected chi connectivity index (χ1v) is 7.40. The molecule has 23 heavy (non-hydrogen) atoms. The van der Waals surface area contributed by atoms with Crippen molar-refractivity contribution in [2.45, 2.75) is 12.6 Å². The van der Waals surface area contributed by atoms with Crippen molar-refractivity contribution >= 4 is 17.5 Å². The van der Waals surface area contributed by atoms with Crippen LogP contribution in [0.15, 0.2) is 24.4 Å². The number of primary amides is 1. The van der Waals surface area contributed by atoms with Crippen LogP contribution in [0.2, 0.25) is 5.02 Å². The third-order valence-electron chi connectivity index (χ3n) is 3.56. The van der Waals surface area contributed by atoms with E-state index < -0.39 is 17.8 Å². The summed E-state index contributed by atoms with van der Waals surface area (Å²) in [5.41, 5.74) is 6.60. The van der Waals surface area contributed by atoms with Gasteiger partial charge in [0.1, 0.15) is 11.9 Å². The van der Waals surface area contributed by atoms with Crippen molar-refractivity contribution in [1.82, 2.24) is 19.9 Å². The molecule has 1 aliphatic rings. The van der Waals surface area contributed by atoms with Crippen molar-refractivity contribution < 1.29 is 13.9 Å². The average Bonchev–Trinajstić information content (AvgIpc) is 2.99. The van der Waals surface area contributed by atoms with Gasteiger partial charge in [0.15, 0.2) is 0 Å². The molecule has 1 aromatic carbocycles. The van der Waals surface area contributed by atoms with Crippen LogP contribution in [0.3, 0.4) is 0 Å². The summed E-state index contributed by atoms with van der Waals surface area (Å²) in [6.45, 7) is 2.06. The highest BCUT2D eigenvalue weighted by molar-refractivity contribution is 6.30. The number of carbonyl (C=O) groups excluding carboxylic acids is 1. The maximum absolute atomic E-state index is 13.2. The second-order valence-corrected chi connectivity index (χ2v) is 5.66. The quantitative estimate of drug-likeness (QED) is 0.888. The molecule has 0 aliphatic carbocycles. The van der Waals surface area contributed by atoms with Crippen LogP contribution in [0, 0.1) is 5.82 Å². The number of nitrogens with zero attached hydrogens (tertiary/aromatic N) is 4. The molecule has 7 nitrogen and oxygen atoms in total. The van der Waals surface area contributed by atoms with Crippen molar-refractivity contribution in [3.63, 3.8) is 0 Å². The van der Waals surface area contributed by atoms with Crippen LogP contribution in [0.4, 0.5) is 4.39 Å². The van der Waals surface area contributed by atoms with E-state index in [0.717, 1.165) is 5.69 Å². The Morgan fingerprint density at radius 1 is 1.52 bits per heavy atom. The number of benzene rings is 1. The molecule has 1 atom stereocenters. The predicted octanol–water partition coefficient (Wildman–Crippen LogP) is 0.746. The first-order valence-electron chi connectivity index (χ1n) is 7.03. The van der Waals surface area contributed by atoms with Crippen LogP contribution < -0.4 is 5.73 Å². The summed E-state index contributed by atoms with van der Waals surface area (Å²) in [5.74, 6) is -0.958. The molecular weight excluding hydrogens is 325 g/mol. The lowest BCUT2D eigenvalue weighted by Crippen LogP contribution is -2.47. The zero-order chi connectivity index (χ0) is 16.4. The second-order valence-electron chi connectivity index (χ2n) is 5.25. The maximum Gasteiger partial charge on any atom is 0.247 e. The van der Waals surface area contributed by atoms with Gasteiger partial charge in [-0.05, 0) is 18.2 Å². The number of ether oxygens (including phenoxy) is 1. The van der Waals surface area contributed by atoms with Crippen LogP contribution in [-0.4, -0.2) is 51.6 Å². The van der Waals surface area contributed by atoms with Gasteiger partial charge in [0.25, 0.3) is 0 Å². The molecule has 2 aromatic rings. The second kappa shape index (κ2) is 6.61. The van der Waals surface area contributed by atoms with Gasteiger partial charge >= 0.3 is 0 Å². The monoisotopic (exact) mass is 339 g/mol. The van der Waals surface area contributed by atoms with E-state index in [9.17, 15) is 9.18 Å². The summed E-state index contributed by atoms with van der Waals surface area (Å²) in [4.78, 5) is 13.2. The lowest BCUT2D eigenvalue weighted by molar-refractivity contribution is -0.135. The van der Waals surface area contributed by atoms with E-state index in [2.05, 4.69) is 10.3 Å². The SMILES string of the molecule is NC(=O)[C@@H]1CN(Cc2cn(-c3ccc(F)c(Cl)c3)nn2)CCO1. The first-order chi connectivity index (χ1) is 11.0. The Labute approximate surface area is 136 Å².